The number of anilines is 1. The zero-order valence-electron chi connectivity index (χ0n) is 20.8. The summed E-state index contributed by atoms with van der Waals surface area (Å²) in [5.41, 5.74) is 5.39. The zero-order valence-corrected chi connectivity index (χ0v) is 21.6. The van der Waals surface area contributed by atoms with Crippen molar-refractivity contribution in [1.82, 2.24) is 15.2 Å². The minimum absolute atomic E-state index is 0.121. The zero-order chi connectivity index (χ0) is 25.6. The Morgan fingerprint density at radius 2 is 1.81 bits per heavy atom. The van der Waals surface area contributed by atoms with E-state index in [0.29, 0.717) is 11.5 Å². The van der Waals surface area contributed by atoms with Crippen LogP contribution in [0.4, 0.5) is 5.69 Å². The van der Waals surface area contributed by atoms with Crippen molar-refractivity contribution in [3.63, 3.8) is 0 Å². The number of carbonyl (C=O) groups excluding carboxylic acids is 1. The fourth-order valence-electron chi connectivity index (χ4n) is 4.05. The van der Waals surface area contributed by atoms with Gasteiger partial charge in [0.1, 0.15) is 0 Å². The molecule has 5 rings (SSSR count). The summed E-state index contributed by atoms with van der Waals surface area (Å²) in [7, 11) is 0. The molecule has 2 aromatic heterocycles. The van der Waals surface area contributed by atoms with Gasteiger partial charge in [0, 0.05) is 27.1 Å². The number of carbonyl (C=O) groups is 1. The highest BCUT2D eigenvalue weighted by molar-refractivity contribution is 7.99. The van der Waals surface area contributed by atoms with Gasteiger partial charge in [-0.1, -0.05) is 55.9 Å². The van der Waals surface area contributed by atoms with Crippen molar-refractivity contribution < 1.29 is 4.79 Å². The minimum atomic E-state index is -0.121. The van der Waals surface area contributed by atoms with E-state index in [4.69, 9.17) is 0 Å². The predicted octanol–water partition coefficient (Wildman–Crippen LogP) is 8.05. The van der Waals surface area contributed by atoms with E-state index < -0.39 is 0 Å². The number of pyridine rings is 1. The van der Waals surface area contributed by atoms with E-state index in [2.05, 4.69) is 64.7 Å². The van der Waals surface area contributed by atoms with E-state index in [-0.39, 0.29) is 5.91 Å². The highest BCUT2D eigenvalue weighted by Gasteiger charge is 2.14. The molecule has 0 saturated heterocycles. The summed E-state index contributed by atoms with van der Waals surface area (Å²) in [6, 6.07) is 27.8. The molecule has 0 spiro atoms. The smallest absolute Gasteiger partial charge is 0.256 e. The van der Waals surface area contributed by atoms with Crippen molar-refractivity contribution in [2.75, 3.05) is 5.32 Å². The maximum Gasteiger partial charge on any atom is 0.256 e. The lowest BCUT2D eigenvalue weighted by Gasteiger charge is -2.12. The molecular formula is C31H28N4OS. The standard InChI is InChI=1S/C31H28N4OS/c1-3-21(2)22-11-13-24(14-12-22)33-31(36)27-9-4-5-10-30(27)37-25-16-17-26-28(34-35-29(26)20-25)18-15-23-8-6-7-19-32-23/h4-21H,3H2,1-2H3,(H,33,36)(H,34,35)/b18-15+. The van der Waals surface area contributed by atoms with Crippen LogP contribution in [0.5, 0.6) is 0 Å². The highest BCUT2D eigenvalue weighted by Crippen LogP contribution is 2.33. The fraction of sp³-hybridized carbons (Fsp3) is 0.129. The monoisotopic (exact) mass is 504 g/mol. The summed E-state index contributed by atoms with van der Waals surface area (Å²) in [6.45, 7) is 4.39. The molecule has 5 aromatic rings. The van der Waals surface area contributed by atoms with Crippen LogP contribution in [0.15, 0.2) is 101 Å². The van der Waals surface area contributed by atoms with Gasteiger partial charge in [-0.15, -0.1) is 0 Å². The Kier molecular flexibility index (Phi) is 7.47. The SMILES string of the molecule is CCC(C)c1ccc(NC(=O)c2ccccc2Sc2ccc3c(/C=C/c4ccccn4)n[nH]c3c2)cc1. The molecule has 0 radical (unpaired) electrons. The lowest BCUT2D eigenvalue weighted by Crippen LogP contribution is -2.13. The van der Waals surface area contributed by atoms with E-state index in [1.807, 2.05) is 66.7 Å². The molecule has 184 valence electrons. The Balaban J connectivity index is 1.32. The molecule has 0 fully saturated rings. The lowest BCUT2D eigenvalue weighted by atomic mass is 9.98. The van der Waals surface area contributed by atoms with Crippen LogP contribution in [-0.4, -0.2) is 21.1 Å². The van der Waals surface area contributed by atoms with Gasteiger partial charge in [-0.05, 0) is 84.7 Å². The molecule has 0 aliphatic heterocycles. The summed E-state index contributed by atoms with van der Waals surface area (Å²) < 4.78 is 0. The molecule has 1 amide bonds. The van der Waals surface area contributed by atoms with Gasteiger partial charge in [-0.3, -0.25) is 14.9 Å². The Labute approximate surface area is 221 Å². The maximum atomic E-state index is 13.2. The van der Waals surface area contributed by atoms with Gasteiger partial charge in [-0.25, -0.2) is 0 Å². The van der Waals surface area contributed by atoms with Crippen LogP contribution in [0, 0.1) is 0 Å². The predicted molar refractivity (Wildman–Crippen MR) is 153 cm³/mol. The van der Waals surface area contributed by atoms with Crippen LogP contribution >= 0.6 is 11.8 Å². The second-order valence-corrected chi connectivity index (χ2v) is 10.0. The van der Waals surface area contributed by atoms with Gasteiger partial charge in [0.2, 0.25) is 0 Å². The fourth-order valence-corrected chi connectivity index (χ4v) is 5.03. The van der Waals surface area contributed by atoms with Crippen molar-refractivity contribution in [2.45, 2.75) is 36.0 Å². The van der Waals surface area contributed by atoms with E-state index >= 15 is 0 Å². The Morgan fingerprint density at radius 1 is 1.00 bits per heavy atom. The number of aromatic nitrogens is 3. The second-order valence-electron chi connectivity index (χ2n) is 8.89. The molecule has 1 unspecified atom stereocenters. The van der Waals surface area contributed by atoms with Gasteiger partial charge >= 0.3 is 0 Å². The van der Waals surface area contributed by atoms with Gasteiger partial charge in [0.15, 0.2) is 0 Å². The molecule has 2 heterocycles. The first-order valence-electron chi connectivity index (χ1n) is 12.4. The number of rotatable bonds is 8. The van der Waals surface area contributed by atoms with Gasteiger partial charge in [0.25, 0.3) is 5.91 Å². The van der Waals surface area contributed by atoms with E-state index in [9.17, 15) is 4.79 Å². The molecular weight excluding hydrogens is 476 g/mol. The van der Waals surface area contributed by atoms with Crippen LogP contribution in [0.3, 0.4) is 0 Å². The molecule has 0 saturated carbocycles. The van der Waals surface area contributed by atoms with Crippen LogP contribution in [0.2, 0.25) is 0 Å². The summed E-state index contributed by atoms with van der Waals surface area (Å²) in [4.78, 5) is 19.4. The quantitative estimate of drug-likeness (QED) is 0.224. The number of hydrogen-bond acceptors (Lipinski definition) is 4. The Hall–Kier alpha value is -4.16. The topological polar surface area (TPSA) is 70.7 Å². The molecule has 0 bridgehead atoms. The number of amides is 1. The average Bonchev–Trinajstić information content (AvgIpc) is 3.35. The number of benzene rings is 3. The number of fused-ring (bicyclic) bond motifs is 1. The Morgan fingerprint density at radius 3 is 2.59 bits per heavy atom. The first-order chi connectivity index (χ1) is 18.1. The Bertz CT molecular complexity index is 1540. The first-order valence-corrected chi connectivity index (χ1v) is 13.2. The summed E-state index contributed by atoms with van der Waals surface area (Å²) in [5, 5.41) is 11.7. The second kappa shape index (κ2) is 11.3. The average molecular weight is 505 g/mol. The largest absolute Gasteiger partial charge is 0.322 e. The molecule has 3 aromatic carbocycles. The van der Waals surface area contributed by atoms with Crippen molar-refractivity contribution in [3.8, 4) is 0 Å². The van der Waals surface area contributed by atoms with Gasteiger partial charge in [-0.2, -0.15) is 5.10 Å². The normalized spacial score (nSPS) is 12.2. The summed E-state index contributed by atoms with van der Waals surface area (Å²) >= 11 is 1.56. The third kappa shape index (κ3) is 5.81. The van der Waals surface area contributed by atoms with Crippen LogP contribution in [0.1, 0.15) is 53.5 Å². The van der Waals surface area contributed by atoms with Crippen molar-refractivity contribution in [3.05, 3.63) is 114 Å². The van der Waals surface area contributed by atoms with E-state index in [1.54, 1.807) is 18.0 Å². The van der Waals surface area contributed by atoms with Crippen molar-refractivity contribution in [1.29, 1.82) is 0 Å². The van der Waals surface area contributed by atoms with E-state index in [0.717, 1.165) is 44.2 Å². The number of H-pyrrole nitrogens is 1. The first kappa shape index (κ1) is 24.5. The number of hydrogen-bond donors (Lipinski definition) is 2. The van der Waals surface area contributed by atoms with Crippen LogP contribution in [-0.2, 0) is 0 Å². The maximum absolute atomic E-state index is 13.2. The lowest BCUT2D eigenvalue weighted by molar-refractivity contribution is 0.102. The summed E-state index contributed by atoms with van der Waals surface area (Å²) in [6.07, 6.45) is 6.77. The minimum Gasteiger partial charge on any atom is -0.322 e. The van der Waals surface area contributed by atoms with Crippen LogP contribution < -0.4 is 5.32 Å². The third-order valence-corrected chi connectivity index (χ3v) is 7.44. The molecule has 0 aliphatic rings. The van der Waals surface area contributed by atoms with Gasteiger partial charge < -0.3 is 5.32 Å². The number of nitrogens with one attached hydrogen (secondary N) is 2. The van der Waals surface area contributed by atoms with Gasteiger partial charge in [0.05, 0.1) is 22.5 Å². The number of aromatic amines is 1. The molecule has 0 aliphatic carbocycles. The molecule has 2 N–H and O–H groups in total. The third-order valence-electron chi connectivity index (χ3n) is 6.37. The highest BCUT2D eigenvalue weighted by atomic mass is 32.2. The molecule has 1 atom stereocenters. The number of nitrogens with zero attached hydrogens (tertiary/aromatic N) is 2. The molecule has 6 heteroatoms. The van der Waals surface area contributed by atoms with E-state index in [1.165, 1.54) is 5.56 Å². The molecule has 37 heavy (non-hydrogen) atoms. The van der Waals surface area contributed by atoms with Crippen LogP contribution in [0.25, 0.3) is 23.1 Å². The molecule has 5 nitrogen and oxygen atoms in total. The summed E-state index contributed by atoms with van der Waals surface area (Å²) in [5.74, 6) is 0.381. The van der Waals surface area contributed by atoms with Crippen molar-refractivity contribution >= 4 is 46.4 Å². The van der Waals surface area contributed by atoms with Crippen molar-refractivity contribution in [2.24, 2.45) is 0 Å².